The largest absolute Gasteiger partial charge is 0.495 e. The number of esters is 1. The Kier molecular flexibility index (Phi) is 4.30. The molecule has 0 spiro atoms. The van der Waals surface area contributed by atoms with E-state index in [9.17, 15) is 9.59 Å². The third kappa shape index (κ3) is 2.52. The number of benzene rings is 1. The van der Waals surface area contributed by atoms with E-state index < -0.39 is 5.97 Å². The van der Waals surface area contributed by atoms with Gasteiger partial charge in [-0.25, -0.2) is 4.79 Å². The van der Waals surface area contributed by atoms with Gasteiger partial charge in [0, 0.05) is 4.47 Å². The molecular weight excluding hydrogens is 278 g/mol. The maximum atomic E-state index is 11.5. The van der Waals surface area contributed by atoms with Gasteiger partial charge in [0.2, 0.25) is 6.41 Å². The number of rotatable bonds is 4. The molecule has 86 valence electrons. The van der Waals surface area contributed by atoms with E-state index in [4.69, 9.17) is 4.74 Å². The van der Waals surface area contributed by atoms with Crippen molar-refractivity contribution in [2.75, 3.05) is 19.5 Å². The summed E-state index contributed by atoms with van der Waals surface area (Å²) in [5.74, 6) is -0.175. The molecule has 1 amide bonds. The molecule has 1 rings (SSSR count). The Bertz CT molecular complexity index is 420. The Hall–Kier alpha value is -1.56. The summed E-state index contributed by atoms with van der Waals surface area (Å²) in [4.78, 5) is 21.9. The van der Waals surface area contributed by atoms with Gasteiger partial charge in [-0.1, -0.05) is 15.9 Å². The summed E-state index contributed by atoms with van der Waals surface area (Å²) in [5.41, 5.74) is 0.508. The fraction of sp³-hybridized carbons (Fsp3) is 0.200. The van der Waals surface area contributed by atoms with Gasteiger partial charge in [0.25, 0.3) is 0 Å². The van der Waals surface area contributed by atoms with E-state index in [0.717, 1.165) is 0 Å². The highest BCUT2D eigenvalue weighted by molar-refractivity contribution is 9.10. The first kappa shape index (κ1) is 12.5. The van der Waals surface area contributed by atoms with Crippen LogP contribution in [0.25, 0.3) is 0 Å². The number of ether oxygens (including phenoxy) is 2. The van der Waals surface area contributed by atoms with E-state index in [1.807, 2.05) is 0 Å². The topological polar surface area (TPSA) is 64.6 Å². The van der Waals surface area contributed by atoms with Crippen molar-refractivity contribution < 1.29 is 19.1 Å². The summed E-state index contributed by atoms with van der Waals surface area (Å²) in [7, 11) is 2.71. The fourth-order valence-electron chi connectivity index (χ4n) is 1.22. The first-order chi connectivity index (χ1) is 7.63. The number of methoxy groups -OCH3 is 2. The van der Waals surface area contributed by atoms with Crippen molar-refractivity contribution in [3.8, 4) is 5.75 Å². The van der Waals surface area contributed by atoms with Gasteiger partial charge in [-0.2, -0.15) is 0 Å². The van der Waals surface area contributed by atoms with Crippen LogP contribution in [0.1, 0.15) is 10.4 Å². The number of anilines is 1. The summed E-state index contributed by atoms with van der Waals surface area (Å²) in [6.07, 6.45) is 0.470. The maximum absolute atomic E-state index is 11.5. The lowest BCUT2D eigenvalue weighted by Gasteiger charge is -2.12. The number of halogens is 1. The van der Waals surface area contributed by atoms with E-state index in [-0.39, 0.29) is 11.3 Å². The number of hydrogen-bond acceptors (Lipinski definition) is 4. The zero-order chi connectivity index (χ0) is 12.1. The molecule has 0 atom stereocenters. The Morgan fingerprint density at radius 1 is 1.44 bits per heavy atom. The standard InChI is InChI=1S/C10H10BrNO4/c1-15-8-4-6(11)3-7(10(14)16-2)9(8)12-5-13/h3-5H,1-2H3,(H,12,13). The van der Waals surface area contributed by atoms with Crippen LogP contribution < -0.4 is 10.1 Å². The predicted octanol–water partition coefficient (Wildman–Crippen LogP) is 1.81. The molecule has 0 aliphatic heterocycles. The third-order valence-corrected chi connectivity index (χ3v) is 2.35. The van der Waals surface area contributed by atoms with Crippen molar-refractivity contribution in [3.05, 3.63) is 22.2 Å². The highest BCUT2D eigenvalue weighted by atomic mass is 79.9. The van der Waals surface area contributed by atoms with Crippen molar-refractivity contribution in [3.63, 3.8) is 0 Å². The summed E-state index contributed by atoms with van der Waals surface area (Å²) in [5, 5.41) is 2.41. The molecule has 1 N–H and O–H groups in total. The summed E-state index contributed by atoms with van der Waals surface area (Å²) in [6, 6.07) is 3.18. The zero-order valence-corrected chi connectivity index (χ0v) is 10.3. The average Bonchev–Trinajstić information content (AvgIpc) is 2.29. The van der Waals surface area contributed by atoms with Crippen LogP contribution in [0.5, 0.6) is 5.75 Å². The van der Waals surface area contributed by atoms with Gasteiger partial charge >= 0.3 is 5.97 Å². The van der Waals surface area contributed by atoms with E-state index in [2.05, 4.69) is 26.0 Å². The first-order valence-corrected chi connectivity index (χ1v) is 5.09. The van der Waals surface area contributed by atoms with E-state index in [1.165, 1.54) is 14.2 Å². The van der Waals surface area contributed by atoms with Crippen LogP contribution in [0.2, 0.25) is 0 Å². The highest BCUT2D eigenvalue weighted by Crippen LogP contribution is 2.32. The van der Waals surface area contributed by atoms with Crippen molar-refractivity contribution in [2.24, 2.45) is 0 Å². The molecule has 1 aromatic rings. The first-order valence-electron chi connectivity index (χ1n) is 4.30. The van der Waals surface area contributed by atoms with E-state index >= 15 is 0 Å². The minimum atomic E-state index is -0.552. The molecule has 6 heteroatoms. The molecule has 1 aromatic carbocycles. The number of carbonyl (C=O) groups is 2. The molecular formula is C10H10BrNO4. The molecule has 0 aliphatic carbocycles. The quantitative estimate of drug-likeness (QED) is 0.678. The Balaban J connectivity index is 3.37. The Labute approximate surface area is 101 Å². The molecule has 0 aliphatic rings. The van der Waals surface area contributed by atoms with Crippen LogP contribution in [-0.4, -0.2) is 26.6 Å². The van der Waals surface area contributed by atoms with Gasteiger partial charge in [-0.05, 0) is 12.1 Å². The van der Waals surface area contributed by atoms with Gasteiger partial charge in [0.15, 0.2) is 0 Å². The van der Waals surface area contributed by atoms with Crippen molar-refractivity contribution in [2.45, 2.75) is 0 Å². The Morgan fingerprint density at radius 2 is 2.12 bits per heavy atom. The van der Waals surface area contributed by atoms with E-state index in [1.54, 1.807) is 12.1 Å². The van der Waals surface area contributed by atoms with Crippen LogP contribution in [0.3, 0.4) is 0 Å². The molecule has 0 radical (unpaired) electrons. The zero-order valence-electron chi connectivity index (χ0n) is 8.74. The second kappa shape index (κ2) is 5.50. The minimum absolute atomic E-state index is 0.223. The van der Waals surface area contributed by atoms with Crippen molar-refractivity contribution in [1.29, 1.82) is 0 Å². The van der Waals surface area contributed by atoms with Crippen LogP contribution in [0.15, 0.2) is 16.6 Å². The normalized spacial score (nSPS) is 9.44. The fourth-order valence-corrected chi connectivity index (χ4v) is 1.66. The molecule has 0 bridgehead atoms. The van der Waals surface area contributed by atoms with Gasteiger partial charge in [-0.3, -0.25) is 4.79 Å². The van der Waals surface area contributed by atoms with Crippen LogP contribution in [0, 0.1) is 0 Å². The molecule has 16 heavy (non-hydrogen) atoms. The highest BCUT2D eigenvalue weighted by Gasteiger charge is 2.17. The number of nitrogens with one attached hydrogen (secondary N) is 1. The summed E-state index contributed by atoms with van der Waals surface area (Å²) >= 11 is 3.23. The SMILES string of the molecule is COC(=O)c1cc(Br)cc(OC)c1NC=O. The number of amides is 1. The second-order valence-corrected chi connectivity index (χ2v) is 3.70. The van der Waals surface area contributed by atoms with E-state index in [0.29, 0.717) is 16.6 Å². The van der Waals surface area contributed by atoms with Crippen LogP contribution in [0.4, 0.5) is 5.69 Å². The number of hydrogen-bond donors (Lipinski definition) is 1. The molecule has 0 unspecified atom stereocenters. The predicted molar refractivity (Wildman–Crippen MR) is 61.7 cm³/mol. The lowest BCUT2D eigenvalue weighted by atomic mass is 10.1. The van der Waals surface area contributed by atoms with Gasteiger partial charge in [0.05, 0.1) is 25.5 Å². The van der Waals surface area contributed by atoms with Crippen molar-refractivity contribution >= 4 is 34.0 Å². The Morgan fingerprint density at radius 3 is 2.62 bits per heavy atom. The number of carbonyl (C=O) groups excluding carboxylic acids is 2. The molecule has 0 heterocycles. The molecule has 0 saturated carbocycles. The molecule has 0 saturated heterocycles. The summed E-state index contributed by atoms with van der Waals surface area (Å²) < 4.78 is 10.3. The molecule has 5 nitrogen and oxygen atoms in total. The van der Waals surface area contributed by atoms with Gasteiger partial charge < -0.3 is 14.8 Å². The maximum Gasteiger partial charge on any atom is 0.340 e. The van der Waals surface area contributed by atoms with Crippen LogP contribution in [-0.2, 0) is 9.53 Å². The van der Waals surface area contributed by atoms with Crippen molar-refractivity contribution in [1.82, 2.24) is 0 Å². The average molecular weight is 288 g/mol. The second-order valence-electron chi connectivity index (χ2n) is 2.78. The van der Waals surface area contributed by atoms with Crippen LogP contribution >= 0.6 is 15.9 Å². The molecule has 0 fully saturated rings. The monoisotopic (exact) mass is 287 g/mol. The molecule has 0 aromatic heterocycles. The lowest BCUT2D eigenvalue weighted by molar-refractivity contribution is -0.105. The third-order valence-electron chi connectivity index (χ3n) is 1.90. The van der Waals surface area contributed by atoms with Gasteiger partial charge in [-0.15, -0.1) is 0 Å². The summed E-state index contributed by atoms with van der Waals surface area (Å²) in [6.45, 7) is 0. The minimum Gasteiger partial charge on any atom is -0.495 e. The smallest absolute Gasteiger partial charge is 0.340 e. The van der Waals surface area contributed by atoms with Gasteiger partial charge in [0.1, 0.15) is 5.75 Å². The lowest BCUT2D eigenvalue weighted by Crippen LogP contribution is -2.08.